The Morgan fingerprint density at radius 3 is 2.85 bits per heavy atom. The number of fused-ring (bicyclic) bond motifs is 1. The lowest BCUT2D eigenvalue weighted by atomic mass is 10.1. The number of nitrogens with one attached hydrogen (secondary N) is 2. The third kappa shape index (κ3) is 4.58. The third-order valence-corrected chi connectivity index (χ3v) is 7.19. The maximum absolute atomic E-state index is 11.7. The molecule has 2 aliphatic rings. The van der Waals surface area contributed by atoms with Gasteiger partial charge in [-0.05, 0) is 31.2 Å². The van der Waals surface area contributed by atoms with E-state index >= 15 is 0 Å². The molecule has 146 valence electrons. The number of nitrogens with zero attached hydrogens (tertiary/aromatic N) is 4. The van der Waals surface area contributed by atoms with E-state index in [1.165, 1.54) is 12.8 Å². The first kappa shape index (κ1) is 18.2. The normalized spacial score (nSPS) is 23.1. The molecule has 1 saturated heterocycles. The molecule has 0 spiro atoms. The first-order chi connectivity index (χ1) is 13.1. The Kier molecular flexibility index (Phi) is 5.29. The van der Waals surface area contributed by atoms with E-state index in [1.54, 1.807) is 16.9 Å². The van der Waals surface area contributed by atoms with Crippen molar-refractivity contribution in [2.75, 3.05) is 18.1 Å². The summed E-state index contributed by atoms with van der Waals surface area (Å²) >= 11 is 0. The summed E-state index contributed by atoms with van der Waals surface area (Å²) < 4.78 is 25.2. The lowest BCUT2D eigenvalue weighted by molar-refractivity contribution is 0.553. The first-order valence-corrected chi connectivity index (χ1v) is 11.4. The fourth-order valence-corrected chi connectivity index (χ4v) is 5.72. The van der Waals surface area contributed by atoms with E-state index in [2.05, 4.69) is 20.7 Å². The van der Waals surface area contributed by atoms with Gasteiger partial charge in [-0.2, -0.15) is 5.10 Å². The Balaban J connectivity index is 1.45. The molecule has 1 unspecified atom stereocenters. The smallest absolute Gasteiger partial charge is 0.191 e. The highest BCUT2D eigenvalue weighted by atomic mass is 32.2. The monoisotopic (exact) mass is 390 g/mol. The number of hydrogen-bond donors (Lipinski definition) is 2. The van der Waals surface area contributed by atoms with Crippen molar-refractivity contribution in [2.24, 2.45) is 10.9 Å². The summed E-state index contributed by atoms with van der Waals surface area (Å²) in [7, 11) is -2.86. The van der Waals surface area contributed by atoms with Gasteiger partial charge in [-0.15, -0.1) is 0 Å². The molecule has 1 aliphatic carbocycles. The molecule has 8 nitrogen and oxygen atoms in total. The molecule has 1 saturated carbocycles. The number of guanidine groups is 1. The zero-order valence-corrected chi connectivity index (χ0v) is 16.2. The minimum atomic E-state index is -2.86. The molecule has 0 amide bonds. The molecule has 0 aromatic carbocycles. The minimum Gasteiger partial charge on any atom is -0.356 e. The Labute approximate surface area is 159 Å². The van der Waals surface area contributed by atoms with Crippen LogP contribution in [-0.2, 0) is 16.4 Å². The van der Waals surface area contributed by atoms with Gasteiger partial charge < -0.3 is 10.6 Å². The molecule has 0 radical (unpaired) electrons. The van der Waals surface area contributed by atoms with Crippen molar-refractivity contribution in [1.82, 2.24) is 25.2 Å². The molecule has 2 fully saturated rings. The molecular weight excluding hydrogens is 364 g/mol. The summed E-state index contributed by atoms with van der Waals surface area (Å²) in [5.41, 5.74) is 1.76. The van der Waals surface area contributed by atoms with Gasteiger partial charge in [0.1, 0.15) is 0 Å². The predicted molar refractivity (Wildman–Crippen MR) is 104 cm³/mol. The fraction of sp³-hybridized carbons (Fsp3) is 0.611. The Morgan fingerprint density at radius 2 is 2.07 bits per heavy atom. The SMILES string of the molecule is O=S1(=O)CCC(CNC(=NCc2ccnc3ccnn23)NC2CCCC2)C1. The van der Waals surface area contributed by atoms with Gasteiger partial charge in [0.2, 0.25) is 0 Å². The summed E-state index contributed by atoms with van der Waals surface area (Å²) in [6.45, 7) is 1.11. The van der Waals surface area contributed by atoms with Crippen LogP contribution in [0.2, 0.25) is 0 Å². The van der Waals surface area contributed by atoms with Crippen LogP contribution in [0.25, 0.3) is 5.65 Å². The van der Waals surface area contributed by atoms with Gasteiger partial charge in [-0.25, -0.2) is 22.9 Å². The molecule has 1 atom stereocenters. The molecular formula is C18H26N6O2S. The zero-order valence-electron chi connectivity index (χ0n) is 15.3. The van der Waals surface area contributed by atoms with E-state index in [-0.39, 0.29) is 11.7 Å². The van der Waals surface area contributed by atoms with Crippen molar-refractivity contribution in [3.05, 3.63) is 30.2 Å². The fourth-order valence-electron chi connectivity index (χ4n) is 3.86. The lowest BCUT2D eigenvalue weighted by Crippen LogP contribution is -2.44. The van der Waals surface area contributed by atoms with E-state index in [1.807, 2.05) is 12.1 Å². The van der Waals surface area contributed by atoms with Gasteiger partial charge in [0.05, 0.1) is 29.9 Å². The van der Waals surface area contributed by atoms with Crippen molar-refractivity contribution in [3.8, 4) is 0 Å². The number of hydrogen-bond acceptors (Lipinski definition) is 5. The van der Waals surface area contributed by atoms with Crippen molar-refractivity contribution >= 4 is 21.4 Å². The van der Waals surface area contributed by atoms with E-state index in [0.29, 0.717) is 24.9 Å². The first-order valence-electron chi connectivity index (χ1n) is 9.62. The Bertz CT molecular complexity index is 917. The maximum atomic E-state index is 11.7. The molecule has 2 aromatic heterocycles. The van der Waals surface area contributed by atoms with Gasteiger partial charge >= 0.3 is 0 Å². The van der Waals surface area contributed by atoms with E-state index < -0.39 is 9.84 Å². The molecule has 2 N–H and O–H groups in total. The summed E-state index contributed by atoms with van der Waals surface area (Å²) in [5, 5.41) is 11.2. The number of rotatable bonds is 5. The van der Waals surface area contributed by atoms with Crippen LogP contribution in [-0.4, -0.2) is 53.1 Å². The predicted octanol–water partition coefficient (Wildman–Crippen LogP) is 1.14. The second-order valence-electron chi connectivity index (χ2n) is 7.48. The number of aromatic nitrogens is 3. The molecule has 0 bridgehead atoms. The largest absolute Gasteiger partial charge is 0.356 e. The molecule has 27 heavy (non-hydrogen) atoms. The van der Waals surface area contributed by atoms with Crippen molar-refractivity contribution < 1.29 is 8.42 Å². The zero-order chi connectivity index (χ0) is 18.7. The van der Waals surface area contributed by atoms with E-state index in [4.69, 9.17) is 4.99 Å². The summed E-state index contributed by atoms with van der Waals surface area (Å²) in [6.07, 6.45) is 9.00. The van der Waals surface area contributed by atoms with Gasteiger partial charge in [0, 0.05) is 24.8 Å². The third-order valence-electron chi connectivity index (χ3n) is 5.35. The molecule has 3 heterocycles. The van der Waals surface area contributed by atoms with Crippen LogP contribution >= 0.6 is 0 Å². The Morgan fingerprint density at radius 1 is 1.22 bits per heavy atom. The van der Waals surface area contributed by atoms with Crippen LogP contribution in [0.15, 0.2) is 29.5 Å². The Hall–Kier alpha value is -2.16. The van der Waals surface area contributed by atoms with Crippen LogP contribution in [0, 0.1) is 5.92 Å². The van der Waals surface area contributed by atoms with Gasteiger partial charge in [0.15, 0.2) is 21.4 Å². The molecule has 1 aliphatic heterocycles. The second-order valence-corrected chi connectivity index (χ2v) is 9.71. The average molecular weight is 391 g/mol. The number of aliphatic imine (C=N–C) groups is 1. The van der Waals surface area contributed by atoms with Crippen LogP contribution in [0.4, 0.5) is 0 Å². The highest BCUT2D eigenvalue weighted by molar-refractivity contribution is 7.91. The van der Waals surface area contributed by atoms with Crippen molar-refractivity contribution in [3.63, 3.8) is 0 Å². The standard InChI is InChI=1S/C18H26N6O2S/c25-27(26)10-7-14(13-27)11-20-18(23-15-3-1-2-4-15)21-12-16-5-8-19-17-6-9-22-24(16)17/h5-6,8-9,14-15H,1-4,7,10-13H2,(H2,20,21,23). The summed E-state index contributed by atoms with van der Waals surface area (Å²) in [4.78, 5) is 9.02. The topological polar surface area (TPSA) is 101 Å². The minimum absolute atomic E-state index is 0.157. The van der Waals surface area contributed by atoms with Crippen LogP contribution in [0.1, 0.15) is 37.8 Å². The van der Waals surface area contributed by atoms with Gasteiger partial charge in [-0.1, -0.05) is 12.8 Å². The van der Waals surface area contributed by atoms with Crippen molar-refractivity contribution in [2.45, 2.75) is 44.7 Å². The van der Waals surface area contributed by atoms with E-state index in [0.717, 1.165) is 36.6 Å². The quantitative estimate of drug-likeness (QED) is 0.587. The maximum Gasteiger partial charge on any atom is 0.191 e. The van der Waals surface area contributed by atoms with Gasteiger partial charge in [0.25, 0.3) is 0 Å². The lowest BCUT2D eigenvalue weighted by Gasteiger charge is -2.19. The molecule has 9 heteroatoms. The number of sulfone groups is 1. The van der Waals surface area contributed by atoms with Crippen LogP contribution in [0.3, 0.4) is 0 Å². The molecule has 2 aromatic rings. The summed E-state index contributed by atoms with van der Waals surface area (Å²) in [5.74, 6) is 1.48. The molecule has 4 rings (SSSR count). The van der Waals surface area contributed by atoms with Crippen LogP contribution < -0.4 is 10.6 Å². The average Bonchev–Trinajstić information content (AvgIpc) is 3.38. The highest BCUT2D eigenvalue weighted by Gasteiger charge is 2.28. The highest BCUT2D eigenvalue weighted by Crippen LogP contribution is 2.19. The van der Waals surface area contributed by atoms with E-state index in [9.17, 15) is 8.42 Å². The van der Waals surface area contributed by atoms with Crippen LogP contribution in [0.5, 0.6) is 0 Å². The van der Waals surface area contributed by atoms with Gasteiger partial charge in [-0.3, -0.25) is 0 Å². The van der Waals surface area contributed by atoms with Crippen molar-refractivity contribution in [1.29, 1.82) is 0 Å². The summed E-state index contributed by atoms with van der Waals surface area (Å²) in [6, 6.07) is 4.22. The second kappa shape index (κ2) is 7.84.